The van der Waals surface area contributed by atoms with Crippen molar-refractivity contribution in [1.29, 1.82) is 0 Å². The summed E-state index contributed by atoms with van der Waals surface area (Å²) in [4.78, 5) is 6.63. The number of rotatable bonds is 3. The Balaban J connectivity index is 1.68. The molecule has 0 radical (unpaired) electrons. The molecule has 2 aliphatic heterocycles. The summed E-state index contributed by atoms with van der Waals surface area (Å²) in [6, 6.07) is 1.78. The lowest BCUT2D eigenvalue weighted by molar-refractivity contribution is -0.900. The molecule has 0 bridgehead atoms. The van der Waals surface area contributed by atoms with Crippen LogP contribution in [0.2, 0.25) is 0 Å². The first-order valence-electron chi connectivity index (χ1n) is 7.77. The molecule has 0 saturated carbocycles. The van der Waals surface area contributed by atoms with Crippen LogP contribution in [0.4, 0.5) is 17.2 Å². The number of nitrogen functional groups attached to an aromatic ring is 2. The van der Waals surface area contributed by atoms with Crippen molar-refractivity contribution in [3.8, 4) is 0 Å². The zero-order valence-electron chi connectivity index (χ0n) is 12.8. The van der Waals surface area contributed by atoms with Gasteiger partial charge in [0.15, 0.2) is 5.82 Å². The lowest BCUT2D eigenvalue weighted by Gasteiger charge is -2.38. The smallest absolute Gasteiger partial charge is 0.152 e. The minimum Gasteiger partial charge on any atom is -0.397 e. The lowest BCUT2D eigenvalue weighted by Crippen LogP contribution is -2.53. The number of nitrogens with zero attached hydrogens (tertiary/aromatic N) is 3. The zero-order chi connectivity index (χ0) is 14.9. The van der Waals surface area contributed by atoms with Crippen molar-refractivity contribution in [2.75, 3.05) is 62.7 Å². The maximum Gasteiger partial charge on any atom is 0.152 e. The maximum atomic E-state index is 6.06. The first-order valence-corrected chi connectivity index (χ1v) is 7.77. The van der Waals surface area contributed by atoms with Crippen LogP contribution in [-0.4, -0.2) is 61.9 Å². The number of nitrogens with two attached hydrogens (primary N) is 2. The van der Waals surface area contributed by atoms with E-state index in [2.05, 4.69) is 16.9 Å². The number of morpholine rings is 1. The highest BCUT2D eigenvalue weighted by molar-refractivity contribution is 5.67. The summed E-state index contributed by atoms with van der Waals surface area (Å²) in [6.45, 7) is 6.03. The molecule has 21 heavy (non-hydrogen) atoms. The molecule has 6 nitrogen and oxygen atoms in total. The summed E-state index contributed by atoms with van der Waals surface area (Å²) in [5.41, 5.74) is 13.0. The third-order valence-electron chi connectivity index (χ3n) is 4.64. The summed E-state index contributed by atoms with van der Waals surface area (Å²) in [7, 11) is 2.34. The van der Waals surface area contributed by atoms with Gasteiger partial charge < -0.3 is 25.6 Å². The molecule has 116 valence electrons. The van der Waals surface area contributed by atoms with Crippen LogP contribution in [0.15, 0.2) is 12.3 Å². The van der Waals surface area contributed by atoms with Gasteiger partial charge in [0.05, 0.1) is 50.9 Å². The Bertz CT molecular complexity index is 501. The molecular formula is C15H26N5O+. The summed E-state index contributed by atoms with van der Waals surface area (Å²) in [5, 5.41) is 0. The Morgan fingerprint density at radius 1 is 1.38 bits per heavy atom. The number of quaternary nitrogens is 1. The number of anilines is 3. The Morgan fingerprint density at radius 3 is 2.86 bits per heavy atom. The van der Waals surface area contributed by atoms with Crippen molar-refractivity contribution in [1.82, 2.24) is 4.98 Å². The molecule has 3 heterocycles. The van der Waals surface area contributed by atoms with Crippen LogP contribution >= 0.6 is 0 Å². The first kappa shape index (κ1) is 14.4. The van der Waals surface area contributed by atoms with Gasteiger partial charge in [0.1, 0.15) is 12.6 Å². The quantitative estimate of drug-likeness (QED) is 0.802. The van der Waals surface area contributed by atoms with E-state index in [0.29, 0.717) is 11.4 Å². The molecule has 6 heteroatoms. The normalized spacial score (nSPS) is 25.2. The Morgan fingerprint density at radius 2 is 2.14 bits per heavy atom. The summed E-state index contributed by atoms with van der Waals surface area (Å²) in [5.74, 6) is 0.835. The van der Waals surface area contributed by atoms with Gasteiger partial charge in [-0.05, 0) is 6.07 Å². The van der Waals surface area contributed by atoms with E-state index < -0.39 is 0 Å². The highest BCUT2D eigenvalue weighted by Gasteiger charge is 2.33. The summed E-state index contributed by atoms with van der Waals surface area (Å²) in [6.07, 6.45) is 4.59. The molecule has 0 amide bonds. The van der Waals surface area contributed by atoms with Gasteiger partial charge in [-0.1, -0.05) is 0 Å². The van der Waals surface area contributed by atoms with Gasteiger partial charge in [-0.3, -0.25) is 0 Å². The average molecular weight is 292 g/mol. The predicted octanol–water partition coefficient (Wildman–Crippen LogP) is 0.692. The van der Waals surface area contributed by atoms with Crippen molar-refractivity contribution in [3.05, 3.63) is 12.3 Å². The monoisotopic (exact) mass is 292 g/mol. The van der Waals surface area contributed by atoms with E-state index in [1.807, 2.05) is 0 Å². The minimum absolute atomic E-state index is 0.251. The van der Waals surface area contributed by atoms with Crippen molar-refractivity contribution in [2.45, 2.75) is 18.9 Å². The highest BCUT2D eigenvalue weighted by atomic mass is 16.5. The predicted molar refractivity (Wildman–Crippen MR) is 85.0 cm³/mol. The minimum atomic E-state index is 0.251. The van der Waals surface area contributed by atoms with Gasteiger partial charge in [-0.15, -0.1) is 0 Å². The van der Waals surface area contributed by atoms with Crippen LogP contribution in [0.25, 0.3) is 0 Å². The molecule has 2 saturated heterocycles. The number of hydrogen-bond acceptors (Lipinski definition) is 5. The van der Waals surface area contributed by atoms with Gasteiger partial charge >= 0.3 is 0 Å². The van der Waals surface area contributed by atoms with Crippen LogP contribution in [0.1, 0.15) is 12.8 Å². The fourth-order valence-corrected chi connectivity index (χ4v) is 3.55. The van der Waals surface area contributed by atoms with Crippen LogP contribution < -0.4 is 16.4 Å². The zero-order valence-corrected chi connectivity index (χ0v) is 12.8. The van der Waals surface area contributed by atoms with Crippen LogP contribution in [0.3, 0.4) is 0 Å². The third kappa shape index (κ3) is 3.22. The molecule has 2 fully saturated rings. The van der Waals surface area contributed by atoms with Crippen molar-refractivity contribution in [2.24, 2.45) is 0 Å². The molecule has 1 aromatic heterocycles. The highest BCUT2D eigenvalue weighted by Crippen LogP contribution is 2.25. The van der Waals surface area contributed by atoms with Crippen molar-refractivity contribution < 1.29 is 9.22 Å². The number of pyridine rings is 1. The maximum absolute atomic E-state index is 6.06. The standard InChI is InChI=1S/C15H26N5O/c1-20(5-2-3-6-20)11-13-10-19(4-7-21-13)15-14(17)8-12(16)9-18-15/h8-9,13H,2-7,10-11,16-17H2,1H3/q+1. The third-order valence-corrected chi connectivity index (χ3v) is 4.64. The molecule has 0 aromatic carbocycles. The van der Waals surface area contributed by atoms with Crippen LogP contribution in [0.5, 0.6) is 0 Å². The molecule has 1 unspecified atom stereocenters. The molecule has 1 aromatic rings. The van der Waals surface area contributed by atoms with Gasteiger partial charge in [0, 0.05) is 19.4 Å². The summed E-state index contributed by atoms with van der Waals surface area (Å²) >= 11 is 0. The molecule has 2 aliphatic rings. The fourth-order valence-electron chi connectivity index (χ4n) is 3.55. The van der Waals surface area contributed by atoms with E-state index in [0.717, 1.165) is 36.5 Å². The van der Waals surface area contributed by atoms with E-state index in [-0.39, 0.29) is 6.10 Å². The number of ether oxygens (including phenoxy) is 1. The Labute approximate surface area is 126 Å². The second-order valence-electron chi connectivity index (χ2n) is 6.58. The largest absolute Gasteiger partial charge is 0.397 e. The first-order chi connectivity index (χ1) is 10.1. The second kappa shape index (κ2) is 5.69. The average Bonchev–Trinajstić information content (AvgIpc) is 2.85. The van der Waals surface area contributed by atoms with Gasteiger partial charge in [-0.25, -0.2) is 4.98 Å². The van der Waals surface area contributed by atoms with Gasteiger partial charge in [0.2, 0.25) is 0 Å². The van der Waals surface area contributed by atoms with E-state index in [1.165, 1.54) is 25.9 Å². The van der Waals surface area contributed by atoms with Crippen LogP contribution in [0, 0.1) is 0 Å². The van der Waals surface area contributed by atoms with E-state index in [9.17, 15) is 0 Å². The summed E-state index contributed by atoms with van der Waals surface area (Å²) < 4.78 is 7.10. The Kier molecular flexibility index (Phi) is 3.91. The molecular weight excluding hydrogens is 266 g/mol. The van der Waals surface area contributed by atoms with E-state index in [1.54, 1.807) is 12.3 Å². The number of hydrogen-bond donors (Lipinski definition) is 2. The topological polar surface area (TPSA) is 77.4 Å². The van der Waals surface area contributed by atoms with Crippen LogP contribution in [-0.2, 0) is 4.74 Å². The Hall–Kier alpha value is -1.53. The molecule has 0 spiro atoms. The second-order valence-corrected chi connectivity index (χ2v) is 6.58. The molecule has 4 N–H and O–H groups in total. The van der Waals surface area contributed by atoms with E-state index in [4.69, 9.17) is 16.2 Å². The number of likely N-dealkylation sites (tertiary alicyclic amines) is 1. The SMILES string of the molecule is C[N+]1(CC2CN(c3ncc(N)cc3N)CCO2)CCCC1. The molecule has 0 aliphatic carbocycles. The molecule has 3 rings (SSSR count). The lowest BCUT2D eigenvalue weighted by atomic mass is 10.2. The van der Waals surface area contributed by atoms with Gasteiger partial charge in [0.25, 0.3) is 0 Å². The fraction of sp³-hybridized carbons (Fsp3) is 0.667. The van der Waals surface area contributed by atoms with Crippen molar-refractivity contribution in [3.63, 3.8) is 0 Å². The van der Waals surface area contributed by atoms with E-state index >= 15 is 0 Å². The molecule has 1 atom stereocenters. The van der Waals surface area contributed by atoms with Crippen molar-refractivity contribution >= 4 is 17.2 Å². The van der Waals surface area contributed by atoms with Gasteiger partial charge in [-0.2, -0.15) is 0 Å². The number of aromatic nitrogens is 1. The number of likely N-dealkylation sites (N-methyl/N-ethyl adjacent to an activating group) is 1.